The van der Waals surface area contributed by atoms with Gasteiger partial charge < -0.3 is 8.85 Å². The van der Waals surface area contributed by atoms with Crippen LogP contribution in [0.3, 0.4) is 0 Å². The minimum atomic E-state index is -1.83. The molecule has 0 N–H and O–H groups in total. The first-order valence-electron chi connectivity index (χ1n) is 5.85. The Labute approximate surface area is 94.4 Å². The van der Waals surface area contributed by atoms with Gasteiger partial charge in [0.1, 0.15) is 0 Å². The van der Waals surface area contributed by atoms with E-state index in [0.717, 1.165) is 25.3 Å². The Hall–Kier alpha value is 0.0669. The lowest BCUT2D eigenvalue weighted by atomic mass is 10.1. The lowest BCUT2D eigenvalue weighted by Crippen LogP contribution is -2.35. The first-order valence-corrected chi connectivity index (χ1v) is 8.37. The first kappa shape index (κ1) is 15.1. The van der Waals surface area contributed by atoms with E-state index in [1.807, 2.05) is 0 Å². The Balaban J connectivity index is 3.29. The Morgan fingerprint density at radius 3 is 1.80 bits per heavy atom. The molecule has 0 aromatic rings. The highest BCUT2D eigenvalue weighted by atomic mass is 28.4. The molecule has 4 heteroatoms. The molecule has 0 aromatic carbocycles. The maximum absolute atomic E-state index is 11.8. The van der Waals surface area contributed by atoms with Gasteiger partial charge in [-0.2, -0.15) is 0 Å². The lowest BCUT2D eigenvalue weighted by Gasteiger charge is -2.22. The third-order valence-electron chi connectivity index (χ3n) is 2.88. The molecule has 0 heterocycles. The monoisotopic (exact) mass is 236 g/mol. The van der Waals surface area contributed by atoms with Gasteiger partial charge in [-0.1, -0.05) is 32.1 Å². The minimum Gasteiger partial charge on any atom is -0.398 e. The molecule has 15 heavy (non-hydrogen) atoms. The van der Waals surface area contributed by atoms with E-state index in [1.54, 1.807) is 14.2 Å². The molecule has 0 fully saturated rings. The van der Waals surface area contributed by atoms with Crippen LogP contribution in [0.5, 0.6) is 0 Å². The maximum atomic E-state index is 11.8. The van der Waals surface area contributed by atoms with E-state index < -0.39 is 8.56 Å². The van der Waals surface area contributed by atoms with Crippen molar-refractivity contribution in [3.8, 4) is 0 Å². The van der Waals surface area contributed by atoms with E-state index in [4.69, 9.17) is 8.85 Å². The molecule has 0 spiro atoms. The van der Waals surface area contributed by atoms with Gasteiger partial charge in [0.05, 0.1) is 6.67 Å². The van der Waals surface area contributed by atoms with Gasteiger partial charge >= 0.3 is 8.56 Å². The van der Waals surface area contributed by atoms with Crippen LogP contribution in [0, 0.1) is 0 Å². The van der Waals surface area contributed by atoms with E-state index in [0.29, 0.717) is 0 Å². The van der Waals surface area contributed by atoms with E-state index in [9.17, 15) is 4.39 Å². The van der Waals surface area contributed by atoms with E-state index in [1.165, 1.54) is 19.3 Å². The van der Waals surface area contributed by atoms with Gasteiger partial charge in [-0.15, -0.1) is 0 Å². The molecule has 0 aliphatic rings. The highest BCUT2D eigenvalue weighted by Crippen LogP contribution is 2.17. The summed E-state index contributed by atoms with van der Waals surface area (Å²) in [6.07, 6.45) is 6.49. The third kappa shape index (κ3) is 7.93. The number of hydrogen-bond donors (Lipinski definition) is 0. The predicted octanol–water partition coefficient (Wildman–Crippen LogP) is 3.66. The van der Waals surface area contributed by atoms with Crippen molar-refractivity contribution in [2.45, 2.75) is 51.1 Å². The minimum absolute atomic E-state index is 0.168. The van der Waals surface area contributed by atoms with Crippen LogP contribution >= 0.6 is 0 Å². The topological polar surface area (TPSA) is 18.5 Å². The van der Waals surface area contributed by atoms with Crippen molar-refractivity contribution in [2.24, 2.45) is 0 Å². The molecule has 0 amide bonds. The van der Waals surface area contributed by atoms with Crippen LogP contribution < -0.4 is 0 Å². The van der Waals surface area contributed by atoms with Crippen LogP contribution in [0.4, 0.5) is 4.39 Å². The molecular formula is C11H25FO2Si. The third-order valence-corrected chi connectivity index (χ3v) is 5.87. The molecule has 0 saturated heterocycles. The van der Waals surface area contributed by atoms with Gasteiger partial charge in [-0.25, -0.2) is 0 Å². The molecule has 0 atom stereocenters. The average molecular weight is 236 g/mol. The first-order chi connectivity index (χ1) is 7.18. The van der Waals surface area contributed by atoms with Crippen LogP contribution in [0.25, 0.3) is 0 Å². The van der Waals surface area contributed by atoms with Gasteiger partial charge in [0.25, 0.3) is 0 Å². The molecule has 0 radical (unpaired) electrons. The summed E-state index contributed by atoms with van der Waals surface area (Å²) >= 11 is 0. The summed E-state index contributed by atoms with van der Waals surface area (Å²) in [6, 6.07) is 1.06. The SMILES string of the molecule is CO[Si](C)(CCCCCCCCF)OC. The van der Waals surface area contributed by atoms with Gasteiger partial charge in [-0.05, 0) is 19.0 Å². The molecule has 0 aromatic heterocycles. The molecule has 0 aliphatic carbocycles. The zero-order valence-corrected chi connectivity index (χ0v) is 11.4. The summed E-state index contributed by atoms with van der Waals surface area (Å²) < 4.78 is 22.6. The molecule has 0 bridgehead atoms. The number of rotatable bonds is 10. The molecule has 0 rings (SSSR count). The lowest BCUT2D eigenvalue weighted by molar-refractivity contribution is 0.248. The number of alkyl halides is 1. The van der Waals surface area contributed by atoms with Crippen molar-refractivity contribution in [3.63, 3.8) is 0 Å². The fourth-order valence-electron chi connectivity index (χ4n) is 1.54. The standard InChI is InChI=1S/C11H25FO2Si/c1-13-15(3,14-2)11-9-7-5-4-6-8-10-12/h4-11H2,1-3H3. The Morgan fingerprint density at radius 2 is 1.33 bits per heavy atom. The van der Waals surface area contributed by atoms with Crippen molar-refractivity contribution in [3.05, 3.63) is 0 Å². The second kappa shape index (κ2) is 9.30. The zero-order chi connectivity index (χ0) is 11.6. The van der Waals surface area contributed by atoms with Gasteiger partial charge in [-0.3, -0.25) is 4.39 Å². The molecule has 2 nitrogen and oxygen atoms in total. The summed E-state index contributed by atoms with van der Waals surface area (Å²) in [7, 11) is 1.63. The molecule has 0 saturated carbocycles. The molecular weight excluding hydrogens is 211 g/mol. The fourth-order valence-corrected chi connectivity index (χ4v) is 3.00. The average Bonchev–Trinajstić information content (AvgIpc) is 2.27. The number of hydrogen-bond acceptors (Lipinski definition) is 2. The van der Waals surface area contributed by atoms with Crippen molar-refractivity contribution in [1.29, 1.82) is 0 Å². The Bertz CT molecular complexity index is 141. The van der Waals surface area contributed by atoms with Crippen LogP contribution in [-0.4, -0.2) is 29.5 Å². The Kier molecular flexibility index (Phi) is 9.35. The van der Waals surface area contributed by atoms with Crippen molar-refractivity contribution >= 4 is 8.56 Å². The van der Waals surface area contributed by atoms with Gasteiger partial charge in [0.2, 0.25) is 0 Å². The second-order valence-electron chi connectivity index (χ2n) is 4.10. The maximum Gasteiger partial charge on any atom is 0.334 e. The quantitative estimate of drug-likeness (QED) is 0.426. The highest BCUT2D eigenvalue weighted by Gasteiger charge is 2.27. The van der Waals surface area contributed by atoms with Gasteiger partial charge in [0, 0.05) is 14.2 Å². The van der Waals surface area contributed by atoms with Crippen LogP contribution in [0.1, 0.15) is 38.5 Å². The fraction of sp³-hybridized carbons (Fsp3) is 1.00. The second-order valence-corrected chi connectivity index (χ2v) is 7.69. The van der Waals surface area contributed by atoms with Crippen molar-refractivity contribution < 1.29 is 13.2 Å². The van der Waals surface area contributed by atoms with Crippen molar-refractivity contribution in [2.75, 3.05) is 20.9 Å². The van der Waals surface area contributed by atoms with E-state index in [2.05, 4.69) is 6.55 Å². The summed E-state index contributed by atoms with van der Waals surface area (Å²) in [4.78, 5) is 0. The van der Waals surface area contributed by atoms with E-state index >= 15 is 0 Å². The predicted molar refractivity (Wildman–Crippen MR) is 64.1 cm³/mol. The van der Waals surface area contributed by atoms with Crippen LogP contribution in [0.2, 0.25) is 12.6 Å². The van der Waals surface area contributed by atoms with Gasteiger partial charge in [0.15, 0.2) is 0 Å². The molecule has 0 unspecified atom stereocenters. The number of halogens is 1. The van der Waals surface area contributed by atoms with Crippen LogP contribution in [0.15, 0.2) is 0 Å². The molecule has 92 valence electrons. The number of unbranched alkanes of at least 4 members (excludes halogenated alkanes) is 5. The normalized spacial score (nSPS) is 12.0. The smallest absolute Gasteiger partial charge is 0.334 e. The van der Waals surface area contributed by atoms with Crippen molar-refractivity contribution in [1.82, 2.24) is 0 Å². The largest absolute Gasteiger partial charge is 0.398 e. The molecule has 0 aliphatic heterocycles. The highest BCUT2D eigenvalue weighted by molar-refractivity contribution is 6.65. The summed E-state index contributed by atoms with van der Waals surface area (Å²) in [5.74, 6) is 0. The summed E-state index contributed by atoms with van der Waals surface area (Å²) in [6.45, 7) is 1.93. The zero-order valence-electron chi connectivity index (χ0n) is 10.4. The van der Waals surface area contributed by atoms with E-state index in [-0.39, 0.29) is 6.67 Å². The summed E-state index contributed by atoms with van der Waals surface area (Å²) in [5.41, 5.74) is 0. The summed E-state index contributed by atoms with van der Waals surface area (Å²) in [5, 5.41) is 0. The van der Waals surface area contributed by atoms with Crippen LogP contribution in [-0.2, 0) is 8.85 Å². The Morgan fingerprint density at radius 1 is 0.867 bits per heavy atom.